The first-order valence-electron chi connectivity index (χ1n) is 13.0. The van der Waals surface area contributed by atoms with Crippen molar-refractivity contribution in [2.45, 2.75) is 104 Å². The van der Waals surface area contributed by atoms with E-state index in [1.165, 1.54) is 4.90 Å². The van der Waals surface area contributed by atoms with Crippen LogP contribution < -0.4 is 4.90 Å². The number of amides is 2. The van der Waals surface area contributed by atoms with Crippen molar-refractivity contribution >= 4 is 34.6 Å². The first kappa shape index (κ1) is 23.9. The summed E-state index contributed by atoms with van der Waals surface area (Å²) in [7, 11) is 0. The highest BCUT2D eigenvalue weighted by atomic mass is 16.6. The SMILES string of the molecule is Cc1cnc(N2C(=O)C3(CCCCC3)C3(CCCCC3)C2=O)c2ncn(CC(=O)OC(C)(C)C)c12. The minimum atomic E-state index is -0.624. The second-order valence-electron chi connectivity index (χ2n) is 11.7. The maximum absolute atomic E-state index is 14.2. The number of nitrogens with zero attached hydrogens (tertiary/aromatic N) is 4. The summed E-state index contributed by atoms with van der Waals surface area (Å²) in [6.07, 6.45) is 12.5. The molecule has 8 nitrogen and oxygen atoms in total. The maximum atomic E-state index is 14.2. The van der Waals surface area contributed by atoms with Crippen LogP contribution in [0.1, 0.15) is 90.5 Å². The van der Waals surface area contributed by atoms with Crippen molar-refractivity contribution in [3.8, 4) is 0 Å². The van der Waals surface area contributed by atoms with Crippen molar-refractivity contribution in [1.82, 2.24) is 14.5 Å². The summed E-state index contributed by atoms with van der Waals surface area (Å²) in [6, 6.07) is 0. The van der Waals surface area contributed by atoms with Crippen LogP contribution >= 0.6 is 0 Å². The Kier molecular flexibility index (Phi) is 5.76. The number of imide groups is 1. The number of ether oxygens (including phenoxy) is 1. The number of imidazole rings is 1. The third-order valence-corrected chi connectivity index (χ3v) is 8.29. The van der Waals surface area contributed by atoms with Crippen LogP contribution in [0.3, 0.4) is 0 Å². The molecule has 2 amide bonds. The van der Waals surface area contributed by atoms with E-state index in [0.29, 0.717) is 16.9 Å². The fourth-order valence-corrected chi connectivity index (χ4v) is 6.85. The molecule has 1 saturated heterocycles. The zero-order chi connectivity index (χ0) is 25.0. The number of aromatic nitrogens is 3. The van der Waals surface area contributed by atoms with Crippen molar-refractivity contribution in [2.24, 2.45) is 10.8 Å². The number of carbonyl (C=O) groups excluding carboxylic acids is 3. The van der Waals surface area contributed by atoms with Crippen molar-refractivity contribution < 1.29 is 19.1 Å². The van der Waals surface area contributed by atoms with Crippen molar-refractivity contribution in [3.05, 3.63) is 18.1 Å². The minimum Gasteiger partial charge on any atom is -0.459 e. The second kappa shape index (κ2) is 8.42. The third kappa shape index (κ3) is 3.67. The van der Waals surface area contributed by atoms with E-state index in [1.54, 1.807) is 17.1 Å². The predicted molar refractivity (Wildman–Crippen MR) is 132 cm³/mol. The van der Waals surface area contributed by atoms with Gasteiger partial charge in [-0.1, -0.05) is 38.5 Å². The number of hydrogen-bond acceptors (Lipinski definition) is 6. The standard InChI is InChI=1S/C27H36N4O4/c1-18-15-28-22(20-21(18)30(17-29-20)16-19(32)35-25(2,3)4)31-23(33)26(11-7-5-8-12-26)27(24(31)34)13-9-6-10-14-27/h15,17H,5-14,16H2,1-4H3. The van der Waals surface area contributed by atoms with Crippen LogP contribution in [-0.4, -0.2) is 37.9 Å². The molecule has 2 aliphatic carbocycles. The lowest BCUT2D eigenvalue weighted by molar-refractivity contribution is -0.155. The molecule has 5 rings (SSSR count). The molecular formula is C27H36N4O4. The van der Waals surface area contributed by atoms with Crippen molar-refractivity contribution in [1.29, 1.82) is 0 Å². The molecule has 188 valence electrons. The van der Waals surface area contributed by atoms with E-state index in [1.807, 2.05) is 27.7 Å². The van der Waals surface area contributed by atoms with Gasteiger partial charge in [-0.15, -0.1) is 0 Å². The van der Waals surface area contributed by atoms with Crippen molar-refractivity contribution in [3.63, 3.8) is 0 Å². The Morgan fingerprint density at radius 3 is 2.00 bits per heavy atom. The highest BCUT2D eigenvalue weighted by Gasteiger charge is 2.69. The van der Waals surface area contributed by atoms with Gasteiger partial charge in [-0.3, -0.25) is 14.4 Å². The van der Waals surface area contributed by atoms with E-state index in [4.69, 9.17) is 4.74 Å². The lowest BCUT2D eigenvalue weighted by Gasteiger charge is -2.46. The molecule has 3 fully saturated rings. The fraction of sp³-hybridized carbons (Fsp3) is 0.667. The molecule has 0 bridgehead atoms. The van der Waals surface area contributed by atoms with E-state index < -0.39 is 16.4 Å². The monoisotopic (exact) mass is 480 g/mol. The maximum Gasteiger partial charge on any atom is 0.326 e. The Labute approximate surface area is 206 Å². The Balaban J connectivity index is 1.58. The minimum absolute atomic E-state index is 0.00612. The van der Waals surface area contributed by atoms with Crippen LogP contribution in [0.15, 0.2) is 12.5 Å². The van der Waals surface area contributed by atoms with Crippen LogP contribution in [0.5, 0.6) is 0 Å². The summed E-state index contributed by atoms with van der Waals surface area (Å²) in [5.41, 5.74) is 0.162. The summed E-state index contributed by atoms with van der Waals surface area (Å²) in [4.78, 5) is 51.4. The highest BCUT2D eigenvalue weighted by molar-refractivity contribution is 6.27. The largest absolute Gasteiger partial charge is 0.459 e. The van der Waals surface area contributed by atoms with Gasteiger partial charge < -0.3 is 9.30 Å². The van der Waals surface area contributed by atoms with Gasteiger partial charge in [0.25, 0.3) is 0 Å². The number of anilines is 1. The van der Waals surface area contributed by atoms with Crippen molar-refractivity contribution in [2.75, 3.05) is 4.90 Å². The molecule has 2 saturated carbocycles. The van der Waals surface area contributed by atoms with E-state index in [0.717, 1.165) is 69.8 Å². The van der Waals surface area contributed by atoms with Crippen LogP contribution in [0.4, 0.5) is 5.82 Å². The molecule has 0 radical (unpaired) electrons. The van der Waals surface area contributed by atoms with Gasteiger partial charge in [0, 0.05) is 6.20 Å². The zero-order valence-electron chi connectivity index (χ0n) is 21.4. The van der Waals surface area contributed by atoms with E-state index in [-0.39, 0.29) is 24.3 Å². The molecule has 2 spiro atoms. The molecule has 35 heavy (non-hydrogen) atoms. The van der Waals surface area contributed by atoms with Crippen LogP contribution in [0.25, 0.3) is 11.0 Å². The summed E-state index contributed by atoms with van der Waals surface area (Å²) < 4.78 is 7.22. The van der Waals surface area contributed by atoms with Crippen LogP contribution in [0.2, 0.25) is 0 Å². The first-order chi connectivity index (χ1) is 16.6. The molecule has 0 atom stereocenters. The summed E-state index contributed by atoms with van der Waals surface area (Å²) in [6.45, 7) is 7.38. The highest BCUT2D eigenvalue weighted by Crippen LogP contribution is 2.62. The molecule has 0 N–H and O–H groups in total. The van der Waals surface area contributed by atoms with Gasteiger partial charge in [0.05, 0.1) is 22.7 Å². The van der Waals surface area contributed by atoms with Gasteiger partial charge in [-0.05, 0) is 58.9 Å². The number of aryl methyl sites for hydroxylation is 1. The molecule has 8 heteroatoms. The van der Waals surface area contributed by atoms with Gasteiger partial charge in [0.1, 0.15) is 17.7 Å². The molecule has 1 aliphatic heterocycles. The molecule has 0 unspecified atom stereocenters. The summed E-state index contributed by atoms with van der Waals surface area (Å²) >= 11 is 0. The Morgan fingerprint density at radius 2 is 1.49 bits per heavy atom. The second-order valence-corrected chi connectivity index (χ2v) is 11.7. The number of carbonyl (C=O) groups is 3. The summed E-state index contributed by atoms with van der Waals surface area (Å²) in [5, 5.41) is 0. The first-order valence-corrected chi connectivity index (χ1v) is 13.0. The molecule has 2 aromatic rings. The lowest BCUT2D eigenvalue weighted by Crippen LogP contribution is -2.47. The Hall–Kier alpha value is -2.77. The summed E-state index contributed by atoms with van der Waals surface area (Å²) in [5.74, 6) is -0.256. The van der Waals surface area contributed by atoms with Gasteiger partial charge in [-0.25, -0.2) is 14.9 Å². The number of pyridine rings is 1. The van der Waals surface area contributed by atoms with Gasteiger partial charge in [0.2, 0.25) is 11.8 Å². The number of fused-ring (bicyclic) bond motifs is 2. The zero-order valence-corrected chi connectivity index (χ0v) is 21.4. The normalized spacial score (nSPS) is 21.9. The molecule has 0 aromatic carbocycles. The van der Waals surface area contributed by atoms with Crippen LogP contribution in [0, 0.1) is 17.8 Å². The fourth-order valence-electron chi connectivity index (χ4n) is 6.85. The Morgan fingerprint density at radius 1 is 0.943 bits per heavy atom. The van der Waals surface area contributed by atoms with E-state index in [2.05, 4.69) is 9.97 Å². The van der Waals surface area contributed by atoms with Gasteiger partial charge in [0.15, 0.2) is 5.82 Å². The molecular weight excluding hydrogens is 444 g/mol. The predicted octanol–water partition coefficient (Wildman–Crippen LogP) is 4.86. The van der Waals surface area contributed by atoms with Gasteiger partial charge in [-0.2, -0.15) is 0 Å². The van der Waals surface area contributed by atoms with Gasteiger partial charge >= 0.3 is 5.97 Å². The smallest absolute Gasteiger partial charge is 0.326 e. The quantitative estimate of drug-likeness (QED) is 0.460. The number of rotatable bonds is 3. The molecule has 3 aliphatic rings. The third-order valence-electron chi connectivity index (χ3n) is 8.29. The van der Waals surface area contributed by atoms with E-state index >= 15 is 0 Å². The lowest BCUT2D eigenvalue weighted by atomic mass is 9.53. The number of hydrogen-bond donors (Lipinski definition) is 0. The average Bonchev–Trinajstić information content (AvgIpc) is 3.29. The Bertz CT molecular complexity index is 1140. The topological polar surface area (TPSA) is 94.4 Å². The molecule has 2 aromatic heterocycles. The number of esters is 1. The molecule has 3 heterocycles. The van der Waals surface area contributed by atoms with E-state index in [9.17, 15) is 14.4 Å². The average molecular weight is 481 g/mol. The van der Waals surface area contributed by atoms with Crippen LogP contribution in [-0.2, 0) is 25.7 Å².